The Morgan fingerprint density at radius 1 is 1.05 bits per heavy atom. The first-order valence-corrected chi connectivity index (χ1v) is 8.02. The predicted molar refractivity (Wildman–Crippen MR) is 80.5 cm³/mol. The van der Waals surface area contributed by atoms with Crippen LogP contribution in [0.1, 0.15) is 48.0 Å². The van der Waals surface area contributed by atoms with Crippen LogP contribution in [-0.2, 0) is 0 Å². The molecule has 4 aliphatic carbocycles. The lowest BCUT2D eigenvalue weighted by Gasteiger charge is -2.53. The van der Waals surface area contributed by atoms with E-state index >= 15 is 0 Å². The Kier molecular flexibility index (Phi) is 2.70. The van der Waals surface area contributed by atoms with Crippen molar-refractivity contribution >= 4 is 11.5 Å². The SMILES string of the molecule is Cc1c(N)cccc1C(=O)C1C2CC3CC(C2)CC1C3. The monoisotopic (exact) mass is 269 g/mol. The third kappa shape index (κ3) is 1.73. The second-order valence-corrected chi connectivity index (χ2v) is 7.34. The summed E-state index contributed by atoms with van der Waals surface area (Å²) in [5, 5.41) is 0. The fourth-order valence-corrected chi connectivity index (χ4v) is 5.45. The average molecular weight is 269 g/mol. The minimum atomic E-state index is 0.281. The van der Waals surface area contributed by atoms with Crippen LogP contribution >= 0.6 is 0 Å². The summed E-state index contributed by atoms with van der Waals surface area (Å²) in [4.78, 5) is 13.1. The van der Waals surface area contributed by atoms with Crippen molar-refractivity contribution in [1.29, 1.82) is 0 Å². The molecule has 4 aliphatic rings. The van der Waals surface area contributed by atoms with Crippen LogP contribution in [0.2, 0.25) is 0 Å². The van der Waals surface area contributed by atoms with Crippen molar-refractivity contribution in [3.05, 3.63) is 29.3 Å². The summed E-state index contributed by atoms with van der Waals surface area (Å²) in [5.74, 6) is 3.80. The molecule has 5 rings (SSSR count). The molecule has 0 unspecified atom stereocenters. The second-order valence-electron chi connectivity index (χ2n) is 7.34. The highest BCUT2D eigenvalue weighted by atomic mass is 16.1. The van der Waals surface area contributed by atoms with Gasteiger partial charge in [-0.05, 0) is 74.3 Å². The number of benzene rings is 1. The van der Waals surface area contributed by atoms with Gasteiger partial charge in [0.2, 0.25) is 0 Å². The second kappa shape index (κ2) is 4.34. The van der Waals surface area contributed by atoms with Gasteiger partial charge in [-0.2, -0.15) is 0 Å². The zero-order valence-corrected chi connectivity index (χ0v) is 12.1. The van der Waals surface area contributed by atoms with E-state index in [1.165, 1.54) is 32.1 Å². The molecule has 0 aliphatic heterocycles. The summed E-state index contributed by atoms with van der Waals surface area (Å²) >= 11 is 0. The smallest absolute Gasteiger partial charge is 0.166 e. The quantitative estimate of drug-likeness (QED) is 0.655. The van der Waals surface area contributed by atoms with E-state index in [2.05, 4.69) is 0 Å². The van der Waals surface area contributed by atoms with Gasteiger partial charge >= 0.3 is 0 Å². The highest BCUT2D eigenvalue weighted by molar-refractivity contribution is 6.00. The van der Waals surface area contributed by atoms with Crippen LogP contribution in [0.15, 0.2) is 18.2 Å². The summed E-state index contributed by atoms with van der Waals surface area (Å²) < 4.78 is 0. The first-order chi connectivity index (χ1) is 9.63. The molecule has 4 saturated carbocycles. The average Bonchev–Trinajstić information content (AvgIpc) is 2.40. The maximum Gasteiger partial charge on any atom is 0.166 e. The van der Waals surface area contributed by atoms with E-state index in [-0.39, 0.29) is 5.92 Å². The molecule has 1 aromatic rings. The molecule has 0 saturated heterocycles. The summed E-state index contributed by atoms with van der Waals surface area (Å²) in [6.07, 6.45) is 6.62. The van der Waals surface area contributed by atoms with Crippen molar-refractivity contribution in [3.63, 3.8) is 0 Å². The van der Waals surface area contributed by atoms with Gasteiger partial charge in [-0.15, -0.1) is 0 Å². The molecule has 1 aromatic carbocycles. The van der Waals surface area contributed by atoms with Crippen molar-refractivity contribution in [2.24, 2.45) is 29.6 Å². The van der Waals surface area contributed by atoms with Gasteiger partial charge in [-0.1, -0.05) is 12.1 Å². The topological polar surface area (TPSA) is 43.1 Å². The van der Waals surface area contributed by atoms with Gasteiger partial charge in [0, 0.05) is 17.2 Å². The van der Waals surface area contributed by atoms with Crippen molar-refractivity contribution in [2.75, 3.05) is 5.73 Å². The Morgan fingerprint density at radius 2 is 1.65 bits per heavy atom. The number of Topliss-reactive ketones (excluding diaryl/α,β-unsaturated/α-hetero) is 1. The van der Waals surface area contributed by atoms with Crippen LogP contribution < -0.4 is 5.73 Å². The Balaban J connectivity index is 1.67. The number of ketones is 1. The van der Waals surface area contributed by atoms with E-state index in [0.717, 1.165) is 28.7 Å². The number of nitrogen functional groups attached to an aromatic ring is 1. The number of hydrogen-bond donors (Lipinski definition) is 1. The highest BCUT2D eigenvalue weighted by Gasteiger charge is 2.50. The number of carbonyl (C=O) groups excluding carboxylic acids is 1. The van der Waals surface area contributed by atoms with E-state index in [1.807, 2.05) is 25.1 Å². The van der Waals surface area contributed by atoms with Crippen LogP contribution in [-0.4, -0.2) is 5.78 Å². The standard InChI is InChI=1S/C18H23NO/c1-10-15(3-2-4-16(10)19)18(20)17-13-6-11-5-12(8-13)9-14(17)7-11/h2-4,11-14,17H,5-9,19H2,1H3. The van der Waals surface area contributed by atoms with Crippen LogP contribution in [0.25, 0.3) is 0 Å². The molecular weight excluding hydrogens is 246 g/mol. The molecule has 0 spiro atoms. The van der Waals surface area contributed by atoms with Crippen LogP contribution in [0, 0.1) is 36.5 Å². The minimum Gasteiger partial charge on any atom is -0.398 e. The molecule has 4 bridgehead atoms. The summed E-state index contributed by atoms with van der Waals surface area (Å²) in [5.41, 5.74) is 8.59. The summed E-state index contributed by atoms with van der Waals surface area (Å²) in [6.45, 7) is 1.98. The van der Waals surface area contributed by atoms with Gasteiger partial charge < -0.3 is 5.73 Å². The molecule has 20 heavy (non-hydrogen) atoms. The van der Waals surface area contributed by atoms with Gasteiger partial charge in [-0.25, -0.2) is 0 Å². The van der Waals surface area contributed by atoms with Crippen molar-refractivity contribution in [1.82, 2.24) is 0 Å². The summed E-state index contributed by atoms with van der Waals surface area (Å²) in [7, 11) is 0. The van der Waals surface area contributed by atoms with Crippen molar-refractivity contribution < 1.29 is 4.79 Å². The normalized spacial score (nSPS) is 38.1. The van der Waals surface area contributed by atoms with Gasteiger partial charge in [0.25, 0.3) is 0 Å². The maximum atomic E-state index is 13.1. The first kappa shape index (κ1) is 12.4. The summed E-state index contributed by atoms with van der Waals surface area (Å²) in [6, 6.07) is 5.79. The third-order valence-electron chi connectivity index (χ3n) is 6.17. The Morgan fingerprint density at radius 3 is 2.25 bits per heavy atom. The Hall–Kier alpha value is -1.31. The molecule has 106 valence electrons. The minimum absolute atomic E-state index is 0.281. The zero-order chi connectivity index (χ0) is 13.9. The highest BCUT2D eigenvalue weighted by Crippen LogP contribution is 2.57. The van der Waals surface area contributed by atoms with E-state index in [9.17, 15) is 4.79 Å². The van der Waals surface area contributed by atoms with Crippen molar-refractivity contribution in [3.8, 4) is 0 Å². The molecule has 2 N–H and O–H groups in total. The lowest BCUT2D eigenvalue weighted by molar-refractivity contribution is -0.0251. The lowest BCUT2D eigenvalue weighted by Crippen LogP contribution is -2.48. The molecule has 0 atom stereocenters. The van der Waals surface area contributed by atoms with Gasteiger partial charge in [-0.3, -0.25) is 4.79 Å². The number of nitrogens with two attached hydrogens (primary N) is 1. The van der Waals surface area contributed by atoms with E-state index < -0.39 is 0 Å². The van der Waals surface area contributed by atoms with E-state index in [1.54, 1.807) is 0 Å². The zero-order valence-electron chi connectivity index (χ0n) is 12.1. The number of carbonyl (C=O) groups is 1. The molecule has 2 heteroatoms. The molecule has 0 radical (unpaired) electrons. The molecule has 4 fully saturated rings. The lowest BCUT2D eigenvalue weighted by atomic mass is 9.51. The van der Waals surface area contributed by atoms with E-state index in [0.29, 0.717) is 17.6 Å². The third-order valence-corrected chi connectivity index (χ3v) is 6.17. The Bertz CT molecular complexity index is 535. The number of anilines is 1. The first-order valence-electron chi connectivity index (χ1n) is 8.02. The van der Waals surface area contributed by atoms with Crippen LogP contribution in [0.3, 0.4) is 0 Å². The number of rotatable bonds is 2. The largest absolute Gasteiger partial charge is 0.398 e. The Labute approximate surface area is 120 Å². The molecular formula is C18H23NO. The van der Waals surface area contributed by atoms with Gasteiger partial charge in [0.1, 0.15) is 0 Å². The van der Waals surface area contributed by atoms with Crippen LogP contribution in [0.5, 0.6) is 0 Å². The molecule has 2 nitrogen and oxygen atoms in total. The van der Waals surface area contributed by atoms with Gasteiger partial charge in [0.15, 0.2) is 5.78 Å². The number of hydrogen-bond acceptors (Lipinski definition) is 2. The molecule has 0 aromatic heterocycles. The predicted octanol–water partition coefficient (Wildman–Crippen LogP) is 3.83. The fourth-order valence-electron chi connectivity index (χ4n) is 5.45. The fraction of sp³-hybridized carbons (Fsp3) is 0.611. The molecule has 0 amide bonds. The molecule has 0 heterocycles. The van der Waals surface area contributed by atoms with E-state index in [4.69, 9.17) is 5.73 Å². The van der Waals surface area contributed by atoms with Crippen LogP contribution in [0.4, 0.5) is 5.69 Å². The maximum absolute atomic E-state index is 13.1. The van der Waals surface area contributed by atoms with Gasteiger partial charge in [0.05, 0.1) is 0 Å². The van der Waals surface area contributed by atoms with Crippen molar-refractivity contribution in [2.45, 2.75) is 39.0 Å².